The summed E-state index contributed by atoms with van der Waals surface area (Å²) in [7, 11) is 1.63. The molecule has 0 saturated carbocycles. The molecule has 1 unspecified atom stereocenters. The maximum atomic E-state index is 13.7. The first-order valence-electron chi connectivity index (χ1n) is 10.5. The Labute approximate surface area is 191 Å². The Hall–Kier alpha value is -2.25. The second-order valence-electron chi connectivity index (χ2n) is 8.07. The molecular formula is C24H28BrFN2O3. The quantitative estimate of drug-likeness (QED) is 0.560. The van der Waals surface area contributed by atoms with Crippen LogP contribution in [0.3, 0.4) is 0 Å². The smallest absolute Gasteiger partial charge is 0.287 e. The van der Waals surface area contributed by atoms with Gasteiger partial charge in [-0.15, -0.1) is 0 Å². The van der Waals surface area contributed by atoms with Gasteiger partial charge in [0.05, 0.1) is 17.6 Å². The van der Waals surface area contributed by atoms with Gasteiger partial charge in [0.25, 0.3) is 5.91 Å². The number of methoxy groups -OCH3 is 1. The molecule has 166 valence electrons. The van der Waals surface area contributed by atoms with Crippen LogP contribution in [0, 0.1) is 11.7 Å². The third-order valence-electron chi connectivity index (χ3n) is 5.82. The number of hydrogen-bond acceptors (Lipinski definition) is 4. The average Bonchev–Trinajstić information content (AvgIpc) is 2.77. The van der Waals surface area contributed by atoms with E-state index in [0.717, 1.165) is 37.2 Å². The molecule has 1 saturated heterocycles. The molecule has 2 aromatic carbocycles. The van der Waals surface area contributed by atoms with Crippen LogP contribution in [-0.4, -0.2) is 43.3 Å². The van der Waals surface area contributed by atoms with E-state index in [1.54, 1.807) is 13.2 Å². The molecule has 5 nitrogen and oxygen atoms in total. The Balaban J connectivity index is 1.66. The maximum Gasteiger partial charge on any atom is 0.287 e. The van der Waals surface area contributed by atoms with Gasteiger partial charge in [-0.05, 0) is 83.2 Å². The van der Waals surface area contributed by atoms with Crippen molar-refractivity contribution in [2.75, 3.05) is 26.7 Å². The normalized spacial score (nSPS) is 16.0. The van der Waals surface area contributed by atoms with Gasteiger partial charge in [-0.2, -0.15) is 0 Å². The topological polar surface area (TPSA) is 58.6 Å². The highest BCUT2D eigenvalue weighted by atomic mass is 79.9. The summed E-state index contributed by atoms with van der Waals surface area (Å²) in [6.45, 7) is 4.48. The fourth-order valence-corrected chi connectivity index (χ4v) is 4.07. The van der Waals surface area contributed by atoms with Gasteiger partial charge in [0.2, 0.25) is 5.78 Å². The van der Waals surface area contributed by atoms with Crippen molar-refractivity contribution in [3.63, 3.8) is 0 Å². The molecule has 0 radical (unpaired) electrons. The largest absolute Gasteiger partial charge is 0.497 e. The summed E-state index contributed by atoms with van der Waals surface area (Å²) in [5.74, 6) is -0.217. The van der Waals surface area contributed by atoms with Crippen LogP contribution in [0.1, 0.15) is 36.9 Å². The molecule has 2 aromatic rings. The number of rotatable bonds is 8. The first-order valence-corrected chi connectivity index (χ1v) is 11.3. The highest BCUT2D eigenvalue weighted by molar-refractivity contribution is 9.10. The van der Waals surface area contributed by atoms with E-state index >= 15 is 0 Å². The lowest BCUT2D eigenvalue weighted by atomic mass is 9.95. The summed E-state index contributed by atoms with van der Waals surface area (Å²) >= 11 is 3.09. The Morgan fingerprint density at radius 2 is 1.87 bits per heavy atom. The number of halogens is 2. The second-order valence-corrected chi connectivity index (χ2v) is 8.92. The van der Waals surface area contributed by atoms with Crippen molar-refractivity contribution in [1.29, 1.82) is 0 Å². The van der Waals surface area contributed by atoms with E-state index in [-0.39, 0.29) is 12.5 Å². The van der Waals surface area contributed by atoms with Gasteiger partial charge >= 0.3 is 0 Å². The second kappa shape index (κ2) is 10.9. The molecule has 0 aromatic heterocycles. The Bertz CT molecular complexity index is 912. The van der Waals surface area contributed by atoms with E-state index in [0.29, 0.717) is 22.5 Å². The van der Waals surface area contributed by atoms with Crippen molar-refractivity contribution >= 4 is 27.6 Å². The van der Waals surface area contributed by atoms with Gasteiger partial charge in [0, 0.05) is 13.0 Å². The van der Waals surface area contributed by atoms with Gasteiger partial charge in [-0.1, -0.05) is 25.1 Å². The molecule has 1 aliphatic rings. The number of hydrogen-bond donors (Lipinski definition) is 1. The number of ether oxygens (including phenoxy) is 1. The van der Waals surface area contributed by atoms with Crippen molar-refractivity contribution in [3.05, 3.63) is 63.9 Å². The molecule has 0 spiro atoms. The number of ketones is 1. The van der Waals surface area contributed by atoms with Crippen molar-refractivity contribution < 1.29 is 18.7 Å². The van der Waals surface area contributed by atoms with Crippen LogP contribution in [0.15, 0.2) is 46.9 Å². The monoisotopic (exact) mass is 490 g/mol. The number of carbonyl (C=O) groups is 2. The van der Waals surface area contributed by atoms with E-state index in [9.17, 15) is 14.0 Å². The van der Waals surface area contributed by atoms with E-state index in [2.05, 4.69) is 33.1 Å². The van der Waals surface area contributed by atoms with Crippen molar-refractivity contribution in [3.8, 4) is 5.75 Å². The maximum absolute atomic E-state index is 13.7. The summed E-state index contributed by atoms with van der Waals surface area (Å²) in [6.07, 6.45) is 2.08. The number of likely N-dealkylation sites (tertiary alicyclic amines) is 1. The molecule has 31 heavy (non-hydrogen) atoms. The van der Waals surface area contributed by atoms with Crippen LogP contribution in [0.2, 0.25) is 0 Å². The standard InChI is InChI=1S/C24H28BrFN2O3/c1-16-9-11-28(12-10-16)22(18-4-6-19(31-2)7-5-18)15-27-24(30)23(29)14-17-3-8-20(25)21(26)13-17/h3-8,13,16,22H,9-12,14-15H2,1-2H3,(H,27,30). The van der Waals surface area contributed by atoms with Gasteiger partial charge in [0.15, 0.2) is 0 Å². The third kappa shape index (κ3) is 6.37. The molecule has 1 fully saturated rings. The van der Waals surface area contributed by atoms with Gasteiger partial charge in [-0.25, -0.2) is 4.39 Å². The van der Waals surface area contributed by atoms with E-state index in [1.807, 2.05) is 24.3 Å². The lowest BCUT2D eigenvalue weighted by Crippen LogP contribution is -2.43. The zero-order chi connectivity index (χ0) is 22.4. The van der Waals surface area contributed by atoms with Crippen LogP contribution < -0.4 is 10.1 Å². The van der Waals surface area contributed by atoms with Crippen molar-refractivity contribution in [2.45, 2.75) is 32.2 Å². The third-order valence-corrected chi connectivity index (χ3v) is 6.46. The summed E-state index contributed by atoms with van der Waals surface area (Å²) < 4.78 is 19.3. The predicted octanol–water partition coefficient (Wildman–Crippen LogP) is 4.30. The van der Waals surface area contributed by atoms with Gasteiger partial charge < -0.3 is 10.1 Å². The minimum atomic E-state index is -0.646. The first-order chi connectivity index (χ1) is 14.9. The van der Waals surface area contributed by atoms with Crippen LogP contribution in [0.25, 0.3) is 0 Å². The Kier molecular flexibility index (Phi) is 8.21. The molecule has 3 rings (SSSR count). The van der Waals surface area contributed by atoms with E-state index in [4.69, 9.17) is 4.74 Å². The van der Waals surface area contributed by atoms with E-state index < -0.39 is 17.5 Å². The molecule has 1 atom stereocenters. The molecule has 7 heteroatoms. The highest BCUT2D eigenvalue weighted by Crippen LogP contribution is 2.27. The Morgan fingerprint density at radius 1 is 1.19 bits per heavy atom. The molecule has 0 aliphatic carbocycles. The fraction of sp³-hybridized carbons (Fsp3) is 0.417. The Morgan fingerprint density at radius 3 is 2.48 bits per heavy atom. The first kappa shape index (κ1) is 23.4. The number of piperidine rings is 1. The molecule has 1 amide bonds. The van der Waals surface area contributed by atoms with Gasteiger partial charge in [-0.3, -0.25) is 14.5 Å². The highest BCUT2D eigenvalue weighted by Gasteiger charge is 2.26. The number of Topliss-reactive ketones (excluding diaryl/α,β-unsaturated/α-hetero) is 1. The summed E-state index contributed by atoms with van der Waals surface area (Å²) in [5.41, 5.74) is 1.54. The van der Waals surface area contributed by atoms with E-state index in [1.165, 1.54) is 12.1 Å². The predicted molar refractivity (Wildman–Crippen MR) is 122 cm³/mol. The minimum absolute atomic E-state index is 0.0275. The lowest BCUT2D eigenvalue weighted by Gasteiger charge is -2.37. The number of nitrogens with zero attached hydrogens (tertiary/aromatic N) is 1. The summed E-state index contributed by atoms with van der Waals surface area (Å²) in [4.78, 5) is 27.2. The number of amides is 1. The lowest BCUT2D eigenvalue weighted by molar-refractivity contribution is -0.137. The molecular weight excluding hydrogens is 463 g/mol. The minimum Gasteiger partial charge on any atom is -0.497 e. The summed E-state index contributed by atoms with van der Waals surface area (Å²) in [5, 5.41) is 2.80. The SMILES string of the molecule is COc1ccc(C(CNC(=O)C(=O)Cc2ccc(Br)c(F)c2)N2CCC(C)CC2)cc1. The molecule has 1 N–H and O–H groups in total. The van der Waals surface area contributed by atoms with Crippen molar-refractivity contribution in [1.82, 2.24) is 10.2 Å². The molecule has 1 aliphatic heterocycles. The average molecular weight is 491 g/mol. The fourth-order valence-electron chi connectivity index (χ4n) is 3.83. The molecule has 1 heterocycles. The van der Waals surface area contributed by atoms with Gasteiger partial charge in [0.1, 0.15) is 11.6 Å². The zero-order valence-corrected chi connectivity index (χ0v) is 19.5. The zero-order valence-electron chi connectivity index (χ0n) is 17.9. The molecule has 0 bridgehead atoms. The van der Waals surface area contributed by atoms with Crippen LogP contribution >= 0.6 is 15.9 Å². The van der Waals surface area contributed by atoms with Crippen LogP contribution in [0.5, 0.6) is 5.75 Å². The van der Waals surface area contributed by atoms with Crippen LogP contribution in [-0.2, 0) is 16.0 Å². The van der Waals surface area contributed by atoms with Crippen LogP contribution in [0.4, 0.5) is 4.39 Å². The number of carbonyl (C=O) groups excluding carboxylic acids is 2. The summed E-state index contributed by atoms with van der Waals surface area (Å²) in [6, 6.07) is 12.2. The number of benzene rings is 2. The van der Waals surface area contributed by atoms with Crippen molar-refractivity contribution in [2.24, 2.45) is 5.92 Å². The number of nitrogens with one attached hydrogen (secondary N) is 1.